The lowest BCUT2D eigenvalue weighted by Crippen LogP contribution is -2.46. The molecule has 0 aromatic heterocycles. The lowest BCUT2D eigenvalue weighted by Gasteiger charge is -2.23. The summed E-state index contributed by atoms with van der Waals surface area (Å²) in [5, 5.41) is 11.9. The SMILES string of the molecule is CC(C)(CO)NC(=O)Cc1ccc(NS(=O)(=O)Cc2cccc(F)c2)cc1. The molecule has 3 N–H and O–H groups in total. The second kappa shape index (κ2) is 8.49. The van der Waals surface area contributed by atoms with Crippen LogP contribution in [0.5, 0.6) is 0 Å². The summed E-state index contributed by atoms with van der Waals surface area (Å²) in [6, 6.07) is 11.8. The van der Waals surface area contributed by atoms with Crippen molar-refractivity contribution in [1.82, 2.24) is 5.32 Å². The molecule has 6 nitrogen and oxygen atoms in total. The van der Waals surface area contributed by atoms with Gasteiger partial charge in [0.25, 0.3) is 0 Å². The topological polar surface area (TPSA) is 95.5 Å². The van der Waals surface area contributed by atoms with Crippen LogP contribution in [0.1, 0.15) is 25.0 Å². The van der Waals surface area contributed by atoms with E-state index in [2.05, 4.69) is 10.0 Å². The van der Waals surface area contributed by atoms with E-state index in [1.807, 2.05) is 0 Å². The van der Waals surface area contributed by atoms with Crippen molar-refractivity contribution in [3.8, 4) is 0 Å². The van der Waals surface area contributed by atoms with E-state index in [0.717, 1.165) is 0 Å². The molecular formula is C19H23FN2O4S. The van der Waals surface area contributed by atoms with E-state index in [9.17, 15) is 22.7 Å². The highest BCUT2D eigenvalue weighted by atomic mass is 32.2. The minimum atomic E-state index is -3.69. The summed E-state index contributed by atoms with van der Waals surface area (Å²) in [5.41, 5.74) is 0.701. The highest BCUT2D eigenvalue weighted by molar-refractivity contribution is 7.91. The molecule has 1 amide bonds. The molecule has 0 aliphatic heterocycles. The summed E-state index contributed by atoms with van der Waals surface area (Å²) in [4.78, 5) is 12.0. The van der Waals surface area contributed by atoms with Crippen molar-refractivity contribution in [2.24, 2.45) is 0 Å². The molecule has 8 heteroatoms. The summed E-state index contributed by atoms with van der Waals surface area (Å²) in [7, 11) is -3.69. The van der Waals surface area contributed by atoms with Crippen LogP contribution in [0.2, 0.25) is 0 Å². The van der Waals surface area contributed by atoms with Crippen LogP contribution in [-0.4, -0.2) is 31.6 Å². The molecule has 0 aliphatic carbocycles. The highest BCUT2D eigenvalue weighted by Gasteiger charge is 2.19. The van der Waals surface area contributed by atoms with Crippen LogP contribution in [0, 0.1) is 5.82 Å². The van der Waals surface area contributed by atoms with Gasteiger partial charge in [-0.15, -0.1) is 0 Å². The smallest absolute Gasteiger partial charge is 0.236 e. The van der Waals surface area contributed by atoms with Crippen LogP contribution < -0.4 is 10.0 Å². The van der Waals surface area contributed by atoms with Gasteiger partial charge in [-0.05, 0) is 49.2 Å². The molecule has 2 aromatic rings. The number of anilines is 1. The van der Waals surface area contributed by atoms with E-state index >= 15 is 0 Å². The van der Waals surface area contributed by atoms with Gasteiger partial charge >= 0.3 is 0 Å². The van der Waals surface area contributed by atoms with E-state index in [0.29, 0.717) is 16.8 Å². The average molecular weight is 394 g/mol. The molecule has 0 fully saturated rings. The zero-order chi connectivity index (χ0) is 20.1. The second-order valence-electron chi connectivity index (χ2n) is 6.95. The molecule has 0 saturated heterocycles. The first kappa shape index (κ1) is 20.9. The van der Waals surface area contributed by atoms with Crippen LogP contribution in [0.15, 0.2) is 48.5 Å². The van der Waals surface area contributed by atoms with Crippen molar-refractivity contribution in [2.75, 3.05) is 11.3 Å². The molecule has 0 heterocycles. The van der Waals surface area contributed by atoms with Gasteiger partial charge in [0.05, 0.1) is 24.3 Å². The Balaban J connectivity index is 1.97. The summed E-state index contributed by atoms with van der Waals surface area (Å²) in [6.45, 7) is 3.24. The second-order valence-corrected chi connectivity index (χ2v) is 8.68. The van der Waals surface area contributed by atoms with Gasteiger partial charge < -0.3 is 10.4 Å². The van der Waals surface area contributed by atoms with Gasteiger partial charge in [0.15, 0.2) is 0 Å². The number of benzene rings is 2. The molecule has 0 aliphatic rings. The fraction of sp³-hybridized carbons (Fsp3) is 0.316. The fourth-order valence-electron chi connectivity index (χ4n) is 2.40. The summed E-state index contributed by atoms with van der Waals surface area (Å²) in [5.74, 6) is -1.08. The van der Waals surface area contributed by atoms with Crippen LogP contribution in [0.3, 0.4) is 0 Å². The van der Waals surface area contributed by atoms with Crippen molar-refractivity contribution in [1.29, 1.82) is 0 Å². The Morgan fingerprint density at radius 3 is 2.37 bits per heavy atom. The quantitative estimate of drug-likeness (QED) is 0.640. The number of carbonyl (C=O) groups excluding carboxylic acids is 1. The molecule has 0 atom stereocenters. The molecule has 0 unspecified atom stereocenters. The normalized spacial score (nSPS) is 11.9. The maximum absolute atomic E-state index is 13.2. The molecule has 0 saturated carbocycles. The van der Waals surface area contributed by atoms with Gasteiger partial charge in [-0.25, -0.2) is 12.8 Å². The van der Waals surface area contributed by atoms with Crippen molar-refractivity contribution >= 4 is 21.6 Å². The first-order valence-electron chi connectivity index (χ1n) is 8.34. The van der Waals surface area contributed by atoms with E-state index in [4.69, 9.17) is 0 Å². The molecular weight excluding hydrogens is 371 g/mol. The van der Waals surface area contributed by atoms with Crippen molar-refractivity contribution in [3.05, 3.63) is 65.5 Å². The Labute approximate surface area is 158 Å². The van der Waals surface area contributed by atoms with Crippen LogP contribution >= 0.6 is 0 Å². The van der Waals surface area contributed by atoms with E-state index < -0.39 is 21.4 Å². The van der Waals surface area contributed by atoms with Gasteiger partial charge in [-0.3, -0.25) is 9.52 Å². The Morgan fingerprint density at radius 1 is 1.11 bits per heavy atom. The molecule has 27 heavy (non-hydrogen) atoms. The first-order chi connectivity index (χ1) is 12.6. The number of halogens is 1. The minimum Gasteiger partial charge on any atom is -0.394 e. The van der Waals surface area contributed by atoms with Gasteiger partial charge in [-0.2, -0.15) is 0 Å². The predicted molar refractivity (Wildman–Crippen MR) is 102 cm³/mol. The number of nitrogens with one attached hydrogen (secondary N) is 2. The van der Waals surface area contributed by atoms with Crippen molar-refractivity contribution < 1.29 is 22.7 Å². The Kier molecular flexibility index (Phi) is 6.56. The Hall–Kier alpha value is -2.45. The summed E-state index contributed by atoms with van der Waals surface area (Å²) < 4.78 is 40.0. The van der Waals surface area contributed by atoms with E-state index in [-0.39, 0.29) is 24.7 Å². The van der Waals surface area contributed by atoms with Gasteiger partial charge in [0.2, 0.25) is 15.9 Å². The number of hydrogen-bond acceptors (Lipinski definition) is 4. The number of aliphatic hydroxyl groups excluding tert-OH is 1. The number of carbonyl (C=O) groups is 1. The zero-order valence-electron chi connectivity index (χ0n) is 15.2. The third-order valence-electron chi connectivity index (χ3n) is 3.71. The van der Waals surface area contributed by atoms with Crippen molar-refractivity contribution in [2.45, 2.75) is 31.6 Å². The molecule has 0 bridgehead atoms. The largest absolute Gasteiger partial charge is 0.394 e. The maximum atomic E-state index is 13.2. The van der Waals surface area contributed by atoms with E-state index in [1.165, 1.54) is 24.3 Å². The lowest BCUT2D eigenvalue weighted by atomic mass is 10.1. The third-order valence-corrected chi connectivity index (χ3v) is 4.97. The lowest BCUT2D eigenvalue weighted by molar-refractivity contribution is -0.122. The van der Waals surface area contributed by atoms with Crippen molar-refractivity contribution in [3.63, 3.8) is 0 Å². The number of aliphatic hydroxyl groups is 1. The maximum Gasteiger partial charge on any atom is 0.236 e. The number of sulfonamides is 1. The monoisotopic (exact) mass is 394 g/mol. The standard InChI is InChI=1S/C19H23FN2O4S/c1-19(2,13-23)21-18(24)11-14-6-8-17(9-7-14)22-27(25,26)12-15-4-3-5-16(20)10-15/h3-10,22-23H,11-13H2,1-2H3,(H,21,24). The van der Waals surface area contributed by atoms with Gasteiger partial charge in [0, 0.05) is 5.69 Å². The van der Waals surface area contributed by atoms with Crippen LogP contribution in [-0.2, 0) is 27.0 Å². The number of hydrogen-bond donors (Lipinski definition) is 3. The Morgan fingerprint density at radius 2 is 1.78 bits per heavy atom. The first-order valence-corrected chi connectivity index (χ1v) is 9.99. The zero-order valence-corrected chi connectivity index (χ0v) is 16.0. The highest BCUT2D eigenvalue weighted by Crippen LogP contribution is 2.15. The molecule has 2 rings (SSSR count). The number of rotatable bonds is 8. The van der Waals surface area contributed by atoms with Gasteiger partial charge in [-0.1, -0.05) is 24.3 Å². The molecule has 146 valence electrons. The molecule has 0 radical (unpaired) electrons. The fourth-order valence-corrected chi connectivity index (χ4v) is 3.58. The number of amides is 1. The van der Waals surface area contributed by atoms with Crippen LogP contribution in [0.4, 0.5) is 10.1 Å². The summed E-state index contributed by atoms with van der Waals surface area (Å²) >= 11 is 0. The molecule has 2 aromatic carbocycles. The summed E-state index contributed by atoms with van der Waals surface area (Å²) in [6.07, 6.45) is 0.111. The average Bonchev–Trinajstić information content (AvgIpc) is 2.55. The predicted octanol–water partition coefficient (Wildman–Crippen LogP) is 2.20. The van der Waals surface area contributed by atoms with E-state index in [1.54, 1.807) is 38.1 Å². The van der Waals surface area contributed by atoms with Crippen LogP contribution in [0.25, 0.3) is 0 Å². The van der Waals surface area contributed by atoms with Gasteiger partial charge in [0.1, 0.15) is 5.82 Å². The minimum absolute atomic E-state index is 0.111. The third kappa shape index (κ3) is 6.99. The molecule has 0 spiro atoms. The Bertz CT molecular complexity index is 896.